The molecule has 0 N–H and O–H groups in total. The van der Waals surface area contributed by atoms with Gasteiger partial charge in [-0.15, -0.1) is 0 Å². The molecule has 0 aliphatic carbocycles. The highest BCUT2D eigenvalue weighted by Crippen LogP contribution is 2.25. The van der Waals surface area contributed by atoms with Crippen LogP contribution in [-0.4, -0.2) is 19.6 Å². The highest BCUT2D eigenvalue weighted by atomic mass is 15.4. The monoisotopic (exact) mass is 234 g/mol. The zero-order valence-corrected chi connectivity index (χ0v) is 12.0. The van der Waals surface area contributed by atoms with Gasteiger partial charge in [0.2, 0.25) is 0 Å². The summed E-state index contributed by atoms with van der Waals surface area (Å²) >= 11 is 0. The molecule has 0 heterocycles. The van der Waals surface area contributed by atoms with Crippen LogP contribution in [-0.2, 0) is 0 Å². The number of benzene rings is 1. The minimum atomic E-state index is 1.17. The van der Waals surface area contributed by atoms with E-state index in [2.05, 4.69) is 52.0 Å². The van der Waals surface area contributed by atoms with Gasteiger partial charge >= 0.3 is 0 Å². The highest BCUT2D eigenvalue weighted by molar-refractivity contribution is 5.44. The molecule has 0 aliphatic heterocycles. The Hall–Kier alpha value is -0.820. The van der Waals surface area contributed by atoms with Crippen molar-refractivity contribution in [2.75, 3.05) is 19.6 Å². The molecule has 0 unspecified atom stereocenters. The summed E-state index contributed by atoms with van der Waals surface area (Å²) < 4.78 is 1.17. The van der Waals surface area contributed by atoms with E-state index < -0.39 is 0 Å². The van der Waals surface area contributed by atoms with Crippen molar-refractivity contribution in [2.24, 2.45) is 0 Å². The summed E-state index contributed by atoms with van der Waals surface area (Å²) in [4.78, 5) is 0. The Morgan fingerprint density at radius 1 is 0.765 bits per heavy atom. The lowest BCUT2D eigenvalue weighted by Gasteiger charge is -2.38. The Balaban J connectivity index is 3.04. The van der Waals surface area contributed by atoms with Crippen molar-refractivity contribution in [3.63, 3.8) is 0 Å². The van der Waals surface area contributed by atoms with Crippen LogP contribution < -0.4 is 4.48 Å². The van der Waals surface area contributed by atoms with Crippen LogP contribution in [0.15, 0.2) is 24.3 Å². The lowest BCUT2D eigenvalue weighted by atomic mass is 10.1. The molecule has 17 heavy (non-hydrogen) atoms. The first kappa shape index (κ1) is 14.2. The Morgan fingerprint density at radius 3 is 1.53 bits per heavy atom. The second kappa shape index (κ2) is 6.80. The minimum Gasteiger partial charge on any atom is -0.291 e. The summed E-state index contributed by atoms with van der Waals surface area (Å²) in [5.41, 5.74) is 2.86. The fourth-order valence-electron chi connectivity index (χ4n) is 2.87. The molecular weight excluding hydrogens is 206 g/mol. The van der Waals surface area contributed by atoms with Crippen molar-refractivity contribution < 1.29 is 0 Å². The molecule has 1 aromatic carbocycles. The molecule has 1 nitrogen and oxygen atoms in total. The fourth-order valence-corrected chi connectivity index (χ4v) is 2.87. The molecule has 0 fully saturated rings. The van der Waals surface area contributed by atoms with Crippen molar-refractivity contribution in [3.8, 4) is 0 Å². The van der Waals surface area contributed by atoms with E-state index in [0.29, 0.717) is 0 Å². The second-order valence-electron chi connectivity index (χ2n) is 5.15. The molecule has 1 heteroatoms. The molecule has 96 valence electrons. The van der Waals surface area contributed by atoms with Crippen LogP contribution in [0.4, 0.5) is 5.69 Å². The first-order valence-corrected chi connectivity index (χ1v) is 7.11. The van der Waals surface area contributed by atoms with Gasteiger partial charge in [0.1, 0.15) is 5.69 Å². The first-order valence-electron chi connectivity index (χ1n) is 7.11. The molecule has 0 saturated carbocycles. The van der Waals surface area contributed by atoms with Crippen molar-refractivity contribution in [3.05, 3.63) is 29.8 Å². The van der Waals surface area contributed by atoms with Gasteiger partial charge in [0.05, 0.1) is 19.6 Å². The number of aryl methyl sites for hydroxylation is 1. The third-order valence-electron chi connectivity index (χ3n) is 3.54. The third kappa shape index (κ3) is 3.57. The lowest BCUT2D eigenvalue weighted by molar-refractivity contribution is 0.273. The van der Waals surface area contributed by atoms with Crippen molar-refractivity contribution >= 4 is 5.69 Å². The molecule has 1 aromatic rings. The summed E-state index contributed by atoms with van der Waals surface area (Å²) in [7, 11) is 0. The zero-order chi connectivity index (χ0) is 12.7. The Bertz CT molecular complexity index is 296. The van der Waals surface area contributed by atoms with Gasteiger partial charge in [-0.1, -0.05) is 38.5 Å². The zero-order valence-electron chi connectivity index (χ0n) is 12.0. The van der Waals surface area contributed by atoms with E-state index in [1.54, 1.807) is 0 Å². The van der Waals surface area contributed by atoms with Crippen LogP contribution in [0.25, 0.3) is 0 Å². The van der Waals surface area contributed by atoms with Gasteiger partial charge < -0.3 is 0 Å². The quantitative estimate of drug-likeness (QED) is 0.608. The Morgan fingerprint density at radius 2 is 1.18 bits per heavy atom. The average Bonchev–Trinajstić information content (AvgIpc) is 2.30. The normalized spacial score (nSPS) is 11.8. The molecule has 0 bridgehead atoms. The average molecular weight is 234 g/mol. The van der Waals surface area contributed by atoms with Crippen molar-refractivity contribution in [1.29, 1.82) is 0 Å². The number of quaternary nitrogens is 1. The molecule has 0 amide bonds. The molecule has 0 aromatic heterocycles. The van der Waals surface area contributed by atoms with E-state index in [-0.39, 0.29) is 0 Å². The molecule has 0 atom stereocenters. The summed E-state index contributed by atoms with van der Waals surface area (Å²) in [5, 5.41) is 0. The number of hydrogen-bond acceptors (Lipinski definition) is 0. The number of rotatable bonds is 7. The van der Waals surface area contributed by atoms with E-state index in [1.807, 2.05) is 0 Å². The third-order valence-corrected chi connectivity index (χ3v) is 3.54. The summed E-state index contributed by atoms with van der Waals surface area (Å²) in [6, 6.07) is 9.17. The molecular formula is C16H28N+. The van der Waals surface area contributed by atoms with Gasteiger partial charge in [-0.2, -0.15) is 0 Å². The van der Waals surface area contributed by atoms with Crippen LogP contribution in [0.5, 0.6) is 0 Å². The van der Waals surface area contributed by atoms with Crippen molar-refractivity contribution in [1.82, 2.24) is 4.48 Å². The van der Waals surface area contributed by atoms with Gasteiger partial charge in [0.25, 0.3) is 0 Å². The SMILES string of the molecule is CCC[N+](CCC)(CCC)c1ccc(C)cc1. The van der Waals surface area contributed by atoms with E-state index in [1.165, 1.54) is 54.6 Å². The summed E-state index contributed by atoms with van der Waals surface area (Å²) in [6.45, 7) is 12.9. The molecule has 1 rings (SSSR count). The second-order valence-corrected chi connectivity index (χ2v) is 5.15. The maximum atomic E-state index is 2.33. The van der Waals surface area contributed by atoms with Gasteiger partial charge in [0, 0.05) is 0 Å². The summed E-state index contributed by atoms with van der Waals surface area (Å²) in [6.07, 6.45) is 3.77. The molecule has 0 spiro atoms. The number of hydrogen-bond donors (Lipinski definition) is 0. The van der Waals surface area contributed by atoms with Crippen LogP contribution in [0.2, 0.25) is 0 Å². The van der Waals surface area contributed by atoms with E-state index in [0.717, 1.165) is 0 Å². The van der Waals surface area contributed by atoms with Gasteiger partial charge in [-0.05, 0) is 38.3 Å². The van der Waals surface area contributed by atoms with Crippen molar-refractivity contribution in [2.45, 2.75) is 47.0 Å². The van der Waals surface area contributed by atoms with Gasteiger partial charge in [-0.25, -0.2) is 0 Å². The van der Waals surface area contributed by atoms with E-state index in [4.69, 9.17) is 0 Å². The summed E-state index contributed by atoms with van der Waals surface area (Å²) in [5.74, 6) is 0. The predicted molar refractivity (Wildman–Crippen MR) is 78.4 cm³/mol. The van der Waals surface area contributed by atoms with Crippen LogP contribution in [0, 0.1) is 6.92 Å². The maximum Gasteiger partial charge on any atom is 0.132 e. The topological polar surface area (TPSA) is 0 Å². The van der Waals surface area contributed by atoms with Crippen LogP contribution in [0.3, 0.4) is 0 Å². The van der Waals surface area contributed by atoms with E-state index >= 15 is 0 Å². The molecule has 0 aliphatic rings. The standard InChI is InChI=1S/C16H28N/c1-5-12-17(13-6-2,14-7-3)16-10-8-15(4)9-11-16/h8-11H,5-7,12-14H2,1-4H3/q+1. The number of nitrogens with zero attached hydrogens (tertiary/aromatic N) is 1. The smallest absolute Gasteiger partial charge is 0.132 e. The van der Waals surface area contributed by atoms with Gasteiger partial charge in [-0.3, -0.25) is 4.48 Å². The highest BCUT2D eigenvalue weighted by Gasteiger charge is 2.27. The van der Waals surface area contributed by atoms with Crippen LogP contribution in [0.1, 0.15) is 45.6 Å². The minimum absolute atomic E-state index is 1.17. The van der Waals surface area contributed by atoms with Crippen LogP contribution >= 0.6 is 0 Å². The Kier molecular flexibility index (Phi) is 5.70. The van der Waals surface area contributed by atoms with Gasteiger partial charge in [0.15, 0.2) is 0 Å². The van der Waals surface area contributed by atoms with E-state index in [9.17, 15) is 0 Å². The largest absolute Gasteiger partial charge is 0.291 e. The molecule has 0 radical (unpaired) electrons. The molecule has 0 saturated heterocycles. The first-order chi connectivity index (χ1) is 8.18. The predicted octanol–water partition coefficient (Wildman–Crippen LogP) is 4.53. The lowest BCUT2D eigenvalue weighted by Crippen LogP contribution is -2.51. The Labute approximate surface area is 107 Å². The maximum absolute atomic E-state index is 2.33. The fraction of sp³-hybridized carbons (Fsp3) is 0.625.